The summed E-state index contributed by atoms with van der Waals surface area (Å²) in [5.74, 6) is 0.0405. The van der Waals surface area contributed by atoms with Crippen LogP contribution in [0.3, 0.4) is 0 Å². The number of nitrogens with zero attached hydrogens (tertiary/aromatic N) is 1. The zero-order chi connectivity index (χ0) is 12.1. The topological polar surface area (TPSA) is 46.3 Å². The number of rotatable bonds is 6. The molecule has 0 aliphatic heterocycles. The summed E-state index contributed by atoms with van der Waals surface area (Å²) < 4.78 is 0. The minimum Gasteiger partial charge on any atom is -0.392 e. The molecular formula is C11H22N2OS. The molecule has 15 heavy (non-hydrogen) atoms. The van der Waals surface area contributed by atoms with Gasteiger partial charge in [0.2, 0.25) is 5.91 Å². The minimum atomic E-state index is -0.723. The first-order valence-corrected chi connectivity index (χ1v) is 5.88. The lowest BCUT2D eigenvalue weighted by molar-refractivity contribution is -0.137. The molecule has 0 radical (unpaired) electrons. The van der Waals surface area contributed by atoms with Gasteiger partial charge in [-0.25, -0.2) is 0 Å². The van der Waals surface area contributed by atoms with Crippen molar-refractivity contribution in [3.05, 3.63) is 0 Å². The van der Waals surface area contributed by atoms with E-state index in [-0.39, 0.29) is 10.9 Å². The Hall–Kier alpha value is -0.640. The Morgan fingerprint density at radius 2 is 1.67 bits per heavy atom. The molecule has 0 atom stereocenters. The molecule has 0 bridgehead atoms. The van der Waals surface area contributed by atoms with Crippen molar-refractivity contribution >= 4 is 23.1 Å². The Balaban J connectivity index is 4.68. The fourth-order valence-electron chi connectivity index (χ4n) is 1.36. The third-order valence-corrected chi connectivity index (χ3v) is 2.94. The first kappa shape index (κ1) is 14.4. The molecule has 0 aromatic carbocycles. The molecule has 3 nitrogen and oxygen atoms in total. The van der Waals surface area contributed by atoms with E-state index in [0.717, 1.165) is 25.9 Å². The van der Waals surface area contributed by atoms with Gasteiger partial charge in [-0.2, -0.15) is 0 Å². The second kappa shape index (κ2) is 6.05. The molecule has 0 aromatic rings. The van der Waals surface area contributed by atoms with Crippen molar-refractivity contribution in [2.75, 3.05) is 13.1 Å². The van der Waals surface area contributed by atoms with E-state index in [0.29, 0.717) is 0 Å². The van der Waals surface area contributed by atoms with Crippen LogP contribution in [0.1, 0.15) is 40.5 Å². The van der Waals surface area contributed by atoms with Crippen LogP contribution in [-0.4, -0.2) is 28.9 Å². The smallest absolute Gasteiger partial charge is 0.235 e. The van der Waals surface area contributed by atoms with Crippen LogP contribution in [0.25, 0.3) is 0 Å². The SMILES string of the molecule is CCCN(CCC)C(=O)C(C)(C)C(N)=S. The minimum absolute atomic E-state index is 0.0405. The van der Waals surface area contributed by atoms with Gasteiger partial charge in [0, 0.05) is 13.1 Å². The number of hydrogen-bond acceptors (Lipinski definition) is 2. The summed E-state index contributed by atoms with van der Waals surface area (Å²) in [5, 5.41) is 0. The Morgan fingerprint density at radius 3 is 1.93 bits per heavy atom. The predicted octanol–water partition coefficient (Wildman–Crippen LogP) is 1.95. The highest BCUT2D eigenvalue weighted by Crippen LogP contribution is 2.19. The normalized spacial score (nSPS) is 11.2. The lowest BCUT2D eigenvalue weighted by Crippen LogP contribution is -2.47. The van der Waals surface area contributed by atoms with Crippen molar-refractivity contribution in [2.45, 2.75) is 40.5 Å². The highest BCUT2D eigenvalue weighted by atomic mass is 32.1. The predicted molar refractivity (Wildman–Crippen MR) is 67.7 cm³/mol. The fourth-order valence-corrected chi connectivity index (χ4v) is 1.44. The van der Waals surface area contributed by atoms with Crippen molar-refractivity contribution in [2.24, 2.45) is 11.1 Å². The molecule has 88 valence electrons. The van der Waals surface area contributed by atoms with E-state index in [4.69, 9.17) is 18.0 Å². The molecule has 2 N–H and O–H groups in total. The lowest BCUT2D eigenvalue weighted by atomic mass is 9.91. The summed E-state index contributed by atoms with van der Waals surface area (Å²) in [4.78, 5) is 14.3. The van der Waals surface area contributed by atoms with Gasteiger partial charge in [0.1, 0.15) is 0 Å². The largest absolute Gasteiger partial charge is 0.392 e. The fraction of sp³-hybridized carbons (Fsp3) is 0.818. The molecule has 0 heterocycles. The average molecular weight is 230 g/mol. The van der Waals surface area contributed by atoms with E-state index in [1.165, 1.54) is 0 Å². The van der Waals surface area contributed by atoms with Gasteiger partial charge in [-0.3, -0.25) is 4.79 Å². The molecule has 0 aromatic heterocycles. The Morgan fingerprint density at radius 1 is 1.27 bits per heavy atom. The molecule has 0 fully saturated rings. The molecule has 0 rings (SSSR count). The third kappa shape index (κ3) is 3.78. The average Bonchev–Trinajstić information content (AvgIpc) is 2.16. The number of nitrogens with two attached hydrogens (primary N) is 1. The van der Waals surface area contributed by atoms with E-state index in [1.807, 2.05) is 4.90 Å². The highest BCUT2D eigenvalue weighted by molar-refractivity contribution is 7.80. The number of amides is 1. The maximum absolute atomic E-state index is 12.1. The van der Waals surface area contributed by atoms with E-state index in [1.54, 1.807) is 13.8 Å². The molecule has 0 aliphatic rings. The summed E-state index contributed by atoms with van der Waals surface area (Å²) in [6.45, 7) is 9.25. The lowest BCUT2D eigenvalue weighted by Gasteiger charge is -2.30. The zero-order valence-corrected chi connectivity index (χ0v) is 11.0. The van der Waals surface area contributed by atoms with E-state index < -0.39 is 5.41 Å². The summed E-state index contributed by atoms with van der Waals surface area (Å²) in [6.07, 6.45) is 1.91. The van der Waals surface area contributed by atoms with Crippen LogP contribution in [0.2, 0.25) is 0 Å². The van der Waals surface area contributed by atoms with Gasteiger partial charge in [-0.1, -0.05) is 26.1 Å². The van der Waals surface area contributed by atoms with Crippen LogP contribution in [0.4, 0.5) is 0 Å². The first-order chi connectivity index (χ1) is 6.87. The van der Waals surface area contributed by atoms with E-state index >= 15 is 0 Å². The monoisotopic (exact) mass is 230 g/mol. The van der Waals surface area contributed by atoms with Crippen LogP contribution in [0, 0.1) is 5.41 Å². The van der Waals surface area contributed by atoms with Gasteiger partial charge in [0.05, 0.1) is 10.4 Å². The van der Waals surface area contributed by atoms with E-state index in [9.17, 15) is 4.79 Å². The van der Waals surface area contributed by atoms with Gasteiger partial charge in [-0.15, -0.1) is 0 Å². The summed E-state index contributed by atoms with van der Waals surface area (Å²) >= 11 is 4.93. The van der Waals surface area contributed by atoms with Crippen molar-refractivity contribution in [1.82, 2.24) is 4.90 Å². The standard InChI is InChI=1S/C11H22N2OS/c1-5-7-13(8-6-2)10(14)11(3,4)9(12)15/h5-8H2,1-4H3,(H2,12,15). The summed E-state index contributed by atoms with van der Waals surface area (Å²) in [7, 11) is 0. The number of hydrogen-bond donors (Lipinski definition) is 1. The second-order valence-corrected chi connectivity index (χ2v) is 4.72. The molecule has 0 saturated heterocycles. The number of thiocarbonyl (C=S) groups is 1. The van der Waals surface area contributed by atoms with Gasteiger partial charge < -0.3 is 10.6 Å². The first-order valence-electron chi connectivity index (χ1n) is 5.47. The maximum Gasteiger partial charge on any atom is 0.235 e. The summed E-state index contributed by atoms with van der Waals surface area (Å²) in [5.41, 5.74) is 4.86. The molecule has 0 unspecified atom stereocenters. The van der Waals surface area contributed by atoms with Gasteiger partial charge in [-0.05, 0) is 26.7 Å². The van der Waals surface area contributed by atoms with Crippen LogP contribution in [0.15, 0.2) is 0 Å². The van der Waals surface area contributed by atoms with E-state index in [2.05, 4.69) is 13.8 Å². The summed E-state index contributed by atoms with van der Waals surface area (Å²) in [6, 6.07) is 0. The Bertz CT molecular complexity index is 233. The van der Waals surface area contributed by atoms with Crippen molar-refractivity contribution < 1.29 is 4.79 Å². The molecule has 1 amide bonds. The molecule has 4 heteroatoms. The maximum atomic E-state index is 12.1. The van der Waals surface area contributed by atoms with Gasteiger partial charge >= 0.3 is 0 Å². The molecular weight excluding hydrogens is 208 g/mol. The molecule has 0 saturated carbocycles. The Labute approximate surface area is 98.0 Å². The van der Waals surface area contributed by atoms with Gasteiger partial charge in [0.25, 0.3) is 0 Å². The highest BCUT2D eigenvalue weighted by Gasteiger charge is 2.34. The van der Waals surface area contributed by atoms with Crippen molar-refractivity contribution in [3.63, 3.8) is 0 Å². The molecule has 0 spiro atoms. The Kier molecular flexibility index (Phi) is 5.80. The quantitative estimate of drug-likeness (QED) is 0.709. The number of carbonyl (C=O) groups is 1. The van der Waals surface area contributed by atoms with Crippen LogP contribution < -0.4 is 5.73 Å². The third-order valence-electron chi connectivity index (χ3n) is 2.42. The van der Waals surface area contributed by atoms with Crippen LogP contribution >= 0.6 is 12.2 Å². The zero-order valence-electron chi connectivity index (χ0n) is 10.2. The van der Waals surface area contributed by atoms with Gasteiger partial charge in [0.15, 0.2) is 0 Å². The second-order valence-electron chi connectivity index (χ2n) is 4.28. The van der Waals surface area contributed by atoms with Crippen molar-refractivity contribution in [3.8, 4) is 0 Å². The van der Waals surface area contributed by atoms with Crippen LogP contribution in [0.5, 0.6) is 0 Å². The molecule has 0 aliphatic carbocycles. The van der Waals surface area contributed by atoms with Crippen molar-refractivity contribution in [1.29, 1.82) is 0 Å². The van der Waals surface area contributed by atoms with Crippen LogP contribution in [-0.2, 0) is 4.79 Å². The number of carbonyl (C=O) groups excluding carboxylic acids is 1.